The first kappa shape index (κ1) is 17.1. The lowest BCUT2D eigenvalue weighted by atomic mass is 10.0. The molecule has 25 heavy (non-hydrogen) atoms. The Labute approximate surface area is 146 Å². The van der Waals surface area contributed by atoms with Crippen LogP contribution in [0.3, 0.4) is 0 Å². The van der Waals surface area contributed by atoms with Gasteiger partial charge in [0.15, 0.2) is 17.6 Å². The number of hydrogen-bond acceptors (Lipinski definition) is 5. The molecular formula is C19H21NO5. The molecule has 0 saturated carbocycles. The lowest BCUT2D eigenvalue weighted by molar-refractivity contribution is -0.137. The van der Waals surface area contributed by atoms with Crippen molar-refractivity contribution < 1.29 is 23.7 Å². The number of nitrogens with one attached hydrogen (secondary N) is 1. The molecule has 1 N–H and O–H groups in total. The summed E-state index contributed by atoms with van der Waals surface area (Å²) in [5.74, 6) is 1.90. The average molecular weight is 343 g/mol. The van der Waals surface area contributed by atoms with Crippen LogP contribution in [0.1, 0.15) is 11.7 Å². The van der Waals surface area contributed by atoms with Crippen LogP contribution in [-0.2, 0) is 9.53 Å². The largest absolute Gasteiger partial charge is 0.497 e. The Bertz CT molecular complexity index is 706. The zero-order chi connectivity index (χ0) is 17.6. The van der Waals surface area contributed by atoms with E-state index in [2.05, 4.69) is 5.32 Å². The van der Waals surface area contributed by atoms with Gasteiger partial charge in [-0.25, -0.2) is 0 Å². The summed E-state index contributed by atoms with van der Waals surface area (Å²) in [6.07, 6.45) is -0.709. The fraction of sp³-hybridized carbons (Fsp3) is 0.316. The van der Waals surface area contributed by atoms with E-state index in [1.807, 2.05) is 48.5 Å². The van der Waals surface area contributed by atoms with Gasteiger partial charge < -0.3 is 24.3 Å². The Kier molecular flexibility index (Phi) is 5.40. The number of ether oxygens (including phenoxy) is 4. The van der Waals surface area contributed by atoms with Crippen LogP contribution in [0.2, 0.25) is 0 Å². The van der Waals surface area contributed by atoms with Gasteiger partial charge in [0.1, 0.15) is 18.5 Å². The molecular weight excluding hydrogens is 322 g/mol. The second kappa shape index (κ2) is 7.90. The Morgan fingerprint density at radius 1 is 1.04 bits per heavy atom. The Morgan fingerprint density at radius 2 is 1.76 bits per heavy atom. The van der Waals surface area contributed by atoms with Gasteiger partial charge in [0.2, 0.25) is 5.91 Å². The van der Waals surface area contributed by atoms with Crippen LogP contribution in [0.5, 0.6) is 17.2 Å². The van der Waals surface area contributed by atoms with Gasteiger partial charge in [-0.3, -0.25) is 4.79 Å². The van der Waals surface area contributed by atoms with Crippen molar-refractivity contribution in [2.24, 2.45) is 0 Å². The summed E-state index contributed by atoms with van der Waals surface area (Å²) in [4.78, 5) is 11.4. The first-order valence-corrected chi connectivity index (χ1v) is 8.03. The fourth-order valence-electron chi connectivity index (χ4n) is 2.71. The van der Waals surface area contributed by atoms with Crippen LogP contribution in [0.15, 0.2) is 48.5 Å². The monoisotopic (exact) mass is 343 g/mol. The van der Waals surface area contributed by atoms with Crippen molar-refractivity contribution in [3.05, 3.63) is 54.1 Å². The predicted octanol–water partition coefficient (Wildman–Crippen LogP) is 2.34. The van der Waals surface area contributed by atoms with Gasteiger partial charge in [0.25, 0.3) is 0 Å². The molecule has 0 bridgehead atoms. The molecule has 3 rings (SSSR count). The first-order chi connectivity index (χ1) is 12.2. The van der Waals surface area contributed by atoms with E-state index in [1.54, 1.807) is 14.2 Å². The number of morpholine rings is 1. The number of hydrogen-bond donors (Lipinski definition) is 1. The van der Waals surface area contributed by atoms with Crippen LogP contribution in [0.4, 0.5) is 0 Å². The summed E-state index contributed by atoms with van der Waals surface area (Å²) in [6, 6.07) is 15.0. The molecule has 1 amide bonds. The van der Waals surface area contributed by atoms with Crippen LogP contribution >= 0.6 is 0 Å². The predicted molar refractivity (Wildman–Crippen MR) is 92.1 cm³/mol. The van der Waals surface area contributed by atoms with Crippen LogP contribution in [-0.4, -0.2) is 39.4 Å². The molecule has 1 saturated heterocycles. The number of amides is 1. The van der Waals surface area contributed by atoms with E-state index >= 15 is 0 Å². The maximum atomic E-state index is 11.4. The standard InChI is InChI=1S/C19H21NO5/c1-22-14-9-7-13(8-10-14)19(17-11-20-18(21)12-24-17)25-16-6-4-3-5-15(16)23-2/h3-10,17,19H,11-12H2,1-2H3,(H,20,21). The highest BCUT2D eigenvalue weighted by atomic mass is 16.6. The average Bonchev–Trinajstić information content (AvgIpc) is 2.67. The smallest absolute Gasteiger partial charge is 0.246 e. The van der Waals surface area contributed by atoms with Crippen molar-refractivity contribution in [1.29, 1.82) is 0 Å². The number of para-hydroxylation sites is 2. The summed E-state index contributed by atoms with van der Waals surface area (Å²) >= 11 is 0. The molecule has 1 heterocycles. The molecule has 0 aliphatic carbocycles. The van der Waals surface area contributed by atoms with Crippen molar-refractivity contribution >= 4 is 5.91 Å². The molecule has 2 aromatic carbocycles. The molecule has 1 aliphatic heterocycles. The van der Waals surface area contributed by atoms with E-state index in [9.17, 15) is 4.79 Å². The third-order valence-corrected chi connectivity index (χ3v) is 4.03. The minimum Gasteiger partial charge on any atom is -0.497 e. The second-order valence-corrected chi connectivity index (χ2v) is 5.62. The van der Waals surface area contributed by atoms with Crippen molar-refractivity contribution in [2.45, 2.75) is 12.2 Å². The quantitative estimate of drug-likeness (QED) is 0.872. The third-order valence-electron chi connectivity index (χ3n) is 4.03. The van der Waals surface area contributed by atoms with Gasteiger partial charge in [-0.1, -0.05) is 24.3 Å². The number of methoxy groups -OCH3 is 2. The molecule has 2 atom stereocenters. The minimum absolute atomic E-state index is 0.0204. The Balaban J connectivity index is 1.89. The molecule has 1 fully saturated rings. The maximum Gasteiger partial charge on any atom is 0.246 e. The normalized spacial score (nSPS) is 18.2. The summed E-state index contributed by atoms with van der Waals surface area (Å²) in [6.45, 7) is 0.400. The summed E-state index contributed by atoms with van der Waals surface area (Å²) in [7, 11) is 3.22. The van der Waals surface area contributed by atoms with Gasteiger partial charge in [-0.05, 0) is 29.8 Å². The topological polar surface area (TPSA) is 66.0 Å². The first-order valence-electron chi connectivity index (χ1n) is 8.03. The number of carbonyl (C=O) groups excluding carboxylic acids is 1. The second-order valence-electron chi connectivity index (χ2n) is 5.62. The van der Waals surface area contributed by atoms with E-state index in [-0.39, 0.29) is 18.6 Å². The lowest BCUT2D eigenvalue weighted by Crippen LogP contribution is -2.46. The lowest BCUT2D eigenvalue weighted by Gasteiger charge is -2.31. The number of rotatable bonds is 6. The number of carbonyl (C=O) groups is 1. The molecule has 2 unspecified atom stereocenters. The molecule has 132 valence electrons. The zero-order valence-corrected chi connectivity index (χ0v) is 14.2. The Hall–Kier alpha value is -2.73. The molecule has 1 aliphatic rings. The highest BCUT2D eigenvalue weighted by molar-refractivity contribution is 5.77. The van der Waals surface area contributed by atoms with Crippen molar-refractivity contribution in [1.82, 2.24) is 5.32 Å². The highest BCUT2D eigenvalue weighted by Crippen LogP contribution is 2.33. The van der Waals surface area contributed by atoms with Gasteiger partial charge in [0, 0.05) is 6.54 Å². The van der Waals surface area contributed by atoms with Crippen molar-refractivity contribution in [3.63, 3.8) is 0 Å². The van der Waals surface area contributed by atoms with Gasteiger partial charge >= 0.3 is 0 Å². The highest BCUT2D eigenvalue weighted by Gasteiger charge is 2.31. The van der Waals surface area contributed by atoms with E-state index in [0.717, 1.165) is 11.3 Å². The van der Waals surface area contributed by atoms with Crippen LogP contribution in [0.25, 0.3) is 0 Å². The minimum atomic E-state index is -0.400. The molecule has 0 radical (unpaired) electrons. The third kappa shape index (κ3) is 4.03. The van der Waals surface area contributed by atoms with Gasteiger partial charge in [-0.2, -0.15) is 0 Å². The fourth-order valence-corrected chi connectivity index (χ4v) is 2.71. The summed E-state index contributed by atoms with van der Waals surface area (Å²) in [5, 5.41) is 2.82. The Morgan fingerprint density at radius 3 is 2.36 bits per heavy atom. The van der Waals surface area contributed by atoms with E-state index in [4.69, 9.17) is 18.9 Å². The van der Waals surface area contributed by atoms with Gasteiger partial charge in [0.05, 0.1) is 14.2 Å². The van der Waals surface area contributed by atoms with Crippen molar-refractivity contribution in [3.8, 4) is 17.2 Å². The van der Waals surface area contributed by atoms with Gasteiger partial charge in [-0.15, -0.1) is 0 Å². The SMILES string of the molecule is COc1ccc(C(Oc2ccccc2OC)C2CNC(=O)CO2)cc1. The molecule has 6 heteroatoms. The maximum absolute atomic E-state index is 11.4. The molecule has 2 aromatic rings. The summed E-state index contributed by atoms with van der Waals surface area (Å²) in [5.41, 5.74) is 0.924. The number of benzene rings is 2. The van der Waals surface area contributed by atoms with E-state index < -0.39 is 6.10 Å². The van der Waals surface area contributed by atoms with Crippen LogP contribution in [0, 0.1) is 0 Å². The molecule has 0 aromatic heterocycles. The van der Waals surface area contributed by atoms with Crippen molar-refractivity contribution in [2.75, 3.05) is 27.4 Å². The zero-order valence-electron chi connectivity index (χ0n) is 14.2. The van der Waals surface area contributed by atoms with Crippen LogP contribution < -0.4 is 19.5 Å². The van der Waals surface area contributed by atoms with E-state index in [1.165, 1.54) is 0 Å². The molecule has 0 spiro atoms. The summed E-state index contributed by atoms with van der Waals surface area (Å²) < 4.78 is 22.5. The van der Waals surface area contributed by atoms with E-state index in [0.29, 0.717) is 18.0 Å². The molecule has 6 nitrogen and oxygen atoms in total.